The normalized spacial score (nSPS) is 19.7. The minimum atomic E-state index is 0.0638. The number of benzene rings is 1. The Hall–Kier alpha value is -2.36. The molecule has 2 aromatic heterocycles. The van der Waals surface area contributed by atoms with Crippen molar-refractivity contribution in [2.45, 2.75) is 45.7 Å². The van der Waals surface area contributed by atoms with E-state index in [2.05, 4.69) is 32.3 Å². The number of Topliss-reactive ketones (excluding diaryl/α,β-unsaturated/α-hetero) is 1. The van der Waals surface area contributed by atoms with Crippen LogP contribution in [-0.4, -0.2) is 19.9 Å². The van der Waals surface area contributed by atoms with Gasteiger partial charge in [0.2, 0.25) is 0 Å². The highest BCUT2D eigenvalue weighted by Gasteiger charge is 2.34. The van der Waals surface area contributed by atoms with Crippen molar-refractivity contribution in [1.82, 2.24) is 14.1 Å². The molecule has 0 spiro atoms. The summed E-state index contributed by atoms with van der Waals surface area (Å²) in [4.78, 5) is 17.6. The van der Waals surface area contributed by atoms with Crippen LogP contribution in [0.2, 0.25) is 0 Å². The lowest BCUT2D eigenvalue weighted by Gasteiger charge is -2.24. The van der Waals surface area contributed by atoms with E-state index in [4.69, 9.17) is 0 Å². The lowest BCUT2D eigenvalue weighted by molar-refractivity contribution is 0.0887. The maximum absolute atomic E-state index is 13.3. The van der Waals surface area contributed by atoms with Gasteiger partial charge in [0.15, 0.2) is 5.78 Å². The molecule has 1 atom stereocenters. The first-order valence-electron chi connectivity index (χ1n) is 8.89. The van der Waals surface area contributed by atoms with E-state index in [1.54, 1.807) is 0 Å². The summed E-state index contributed by atoms with van der Waals surface area (Å²) in [6.07, 6.45) is 8.05. The van der Waals surface area contributed by atoms with E-state index < -0.39 is 0 Å². The van der Waals surface area contributed by atoms with Crippen LogP contribution in [0, 0.1) is 12.8 Å². The van der Waals surface area contributed by atoms with E-state index in [0.29, 0.717) is 5.78 Å². The third-order valence-corrected chi connectivity index (χ3v) is 5.79. The SMILES string of the molecule is Cc1nccn1CC1CCc2c(c3cccc4c3n2CCC4)C1=O. The molecule has 0 N–H and O–H groups in total. The molecule has 3 aromatic rings. The molecule has 0 bridgehead atoms. The van der Waals surface area contributed by atoms with Gasteiger partial charge < -0.3 is 9.13 Å². The standard InChI is InChI=1S/C20H21N3O/c1-13-21-9-11-22(13)12-15-7-8-17-18(20(15)24)16-6-2-4-14-5-3-10-23(17)19(14)16/h2,4,6,9,11,15H,3,5,7-8,10,12H2,1H3. The number of para-hydroxylation sites is 1. The van der Waals surface area contributed by atoms with Crippen LogP contribution in [0.1, 0.15) is 40.3 Å². The molecule has 0 amide bonds. The Bertz CT molecular complexity index is 963. The number of aromatic nitrogens is 3. The van der Waals surface area contributed by atoms with Crippen LogP contribution in [0.4, 0.5) is 0 Å². The zero-order valence-electron chi connectivity index (χ0n) is 14.0. The molecular weight excluding hydrogens is 298 g/mol. The van der Waals surface area contributed by atoms with Crippen molar-refractivity contribution in [3.63, 3.8) is 0 Å². The molecule has 1 unspecified atom stereocenters. The first-order chi connectivity index (χ1) is 11.7. The van der Waals surface area contributed by atoms with Gasteiger partial charge in [-0.05, 0) is 38.2 Å². The van der Waals surface area contributed by atoms with Crippen molar-refractivity contribution < 1.29 is 4.79 Å². The first-order valence-corrected chi connectivity index (χ1v) is 8.89. The number of aryl methyl sites for hydroxylation is 3. The molecule has 2 aliphatic rings. The number of fused-ring (bicyclic) bond motifs is 3. The second kappa shape index (κ2) is 5.07. The summed E-state index contributed by atoms with van der Waals surface area (Å²) in [6, 6.07) is 6.48. The third kappa shape index (κ3) is 1.86. The lowest BCUT2D eigenvalue weighted by atomic mass is 9.84. The number of carbonyl (C=O) groups excluding carboxylic acids is 1. The summed E-state index contributed by atoms with van der Waals surface area (Å²) in [7, 11) is 0. The number of imidazole rings is 1. The van der Waals surface area contributed by atoms with Crippen LogP contribution in [0.5, 0.6) is 0 Å². The molecule has 4 nitrogen and oxygen atoms in total. The number of ketones is 1. The number of rotatable bonds is 2. The molecule has 24 heavy (non-hydrogen) atoms. The Kier molecular flexibility index (Phi) is 2.96. The molecule has 3 heterocycles. The number of hydrogen-bond donors (Lipinski definition) is 0. The fraction of sp³-hybridized carbons (Fsp3) is 0.400. The molecule has 1 aromatic carbocycles. The zero-order valence-corrected chi connectivity index (χ0v) is 14.0. The second-order valence-corrected chi connectivity index (χ2v) is 7.12. The summed E-state index contributed by atoms with van der Waals surface area (Å²) < 4.78 is 4.54. The molecular formula is C20H21N3O. The molecule has 0 radical (unpaired) electrons. The quantitative estimate of drug-likeness (QED) is 0.725. The van der Waals surface area contributed by atoms with Crippen LogP contribution in [-0.2, 0) is 25.9 Å². The molecule has 5 rings (SSSR count). The van der Waals surface area contributed by atoms with E-state index >= 15 is 0 Å². The van der Waals surface area contributed by atoms with E-state index in [1.807, 2.05) is 19.3 Å². The Labute approximate surface area is 141 Å². The fourth-order valence-corrected chi connectivity index (χ4v) is 4.60. The topological polar surface area (TPSA) is 39.8 Å². The van der Waals surface area contributed by atoms with Crippen LogP contribution in [0.15, 0.2) is 30.6 Å². The smallest absolute Gasteiger partial charge is 0.170 e. The van der Waals surface area contributed by atoms with Crippen LogP contribution >= 0.6 is 0 Å². The van der Waals surface area contributed by atoms with Gasteiger partial charge in [-0.25, -0.2) is 4.98 Å². The summed E-state index contributed by atoms with van der Waals surface area (Å²) in [5.41, 5.74) is 5.01. The molecule has 4 heteroatoms. The van der Waals surface area contributed by atoms with Crippen molar-refractivity contribution in [3.05, 3.63) is 53.2 Å². The van der Waals surface area contributed by atoms with Crippen molar-refractivity contribution >= 4 is 16.7 Å². The van der Waals surface area contributed by atoms with Crippen molar-refractivity contribution in [2.24, 2.45) is 5.92 Å². The monoisotopic (exact) mass is 319 g/mol. The van der Waals surface area contributed by atoms with Gasteiger partial charge in [-0.15, -0.1) is 0 Å². The lowest BCUT2D eigenvalue weighted by Crippen LogP contribution is -2.27. The highest BCUT2D eigenvalue weighted by Crippen LogP contribution is 2.38. The first kappa shape index (κ1) is 14.0. The maximum atomic E-state index is 13.3. The molecule has 122 valence electrons. The summed E-state index contributed by atoms with van der Waals surface area (Å²) >= 11 is 0. The number of carbonyl (C=O) groups is 1. The van der Waals surface area contributed by atoms with Crippen LogP contribution in [0.25, 0.3) is 10.9 Å². The molecule has 0 saturated heterocycles. The van der Waals surface area contributed by atoms with Gasteiger partial charge in [-0.1, -0.05) is 18.2 Å². The van der Waals surface area contributed by atoms with Gasteiger partial charge in [0, 0.05) is 48.0 Å². The Morgan fingerprint density at radius 3 is 3.04 bits per heavy atom. The van der Waals surface area contributed by atoms with E-state index in [0.717, 1.165) is 43.7 Å². The van der Waals surface area contributed by atoms with Gasteiger partial charge in [-0.2, -0.15) is 0 Å². The highest BCUT2D eigenvalue weighted by molar-refractivity contribution is 6.12. The van der Waals surface area contributed by atoms with Crippen molar-refractivity contribution in [3.8, 4) is 0 Å². The molecule has 0 fully saturated rings. The summed E-state index contributed by atoms with van der Waals surface area (Å²) in [6.45, 7) is 3.80. The Morgan fingerprint density at radius 1 is 1.29 bits per heavy atom. The average Bonchev–Trinajstić information content (AvgIpc) is 3.15. The van der Waals surface area contributed by atoms with E-state index in [1.165, 1.54) is 28.6 Å². The molecule has 0 saturated carbocycles. The Morgan fingerprint density at radius 2 is 2.21 bits per heavy atom. The van der Waals surface area contributed by atoms with Gasteiger partial charge in [0.05, 0.1) is 5.52 Å². The minimum absolute atomic E-state index is 0.0638. The predicted molar refractivity (Wildman–Crippen MR) is 93.4 cm³/mol. The van der Waals surface area contributed by atoms with Gasteiger partial charge in [-0.3, -0.25) is 4.79 Å². The van der Waals surface area contributed by atoms with Gasteiger partial charge in [0.1, 0.15) is 5.82 Å². The fourth-order valence-electron chi connectivity index (χ4n) is 4.60. The Balaban J connectivity index is 1.62. The zero-order chi connectivity index (χ0) is 16.3. The summed E-state index contributed by atoms with van der Waals surface area (Å²) in [5, 5.41) is 1.18. The van der Waals surface area contributed by atoms with Gasteiger partial charge >= 0.3 is 0 Å². The van der Waals surface area contributed by atoms with Crippen LogP contribution < -0.4 is 0 Å². The molecule has 1 aliphatic heterocycles. The number of nitrogens with zero attached hydrogens (tertiary/aromatic N) is 3. The largest absolute Gasteiger partial charge is 0.344 e. The van der Waals surface area contributed by atoms with Crippen molar-refractivity contribution in [1.29, 1.82) is 0 Å². The summed E-state index contributed by atoms with van der Waals surface area (Å²) in [5.74, 6) is 1.37. The van der Waals surface area contributed by atoms with Gasteiger partial charge in [0.25, 0.3) is 0 Å². The minimum Gasteiger partial charge on any atom is -0.344 e. The molecule has 1 aliphatic carbocycles. The average molecular weight is 319 g/mol. The second-order valence-electron chi connectivity index (χ2n) is 7.12. The van der Waals surface area contributed by atoms with Crippen molar-refractivity contribution in [2.75, 3.05) is 0 Å². The number of hydrogen-bond acceptors (Lipinski definition) is 2. The van der Waals surface area contributed by atoms with Crippen LogP contribution in [0.3, 0.4) is 0 Å². The maximum Gasteiger partial charge on any atom is 0.170 e. The predicted octanol–water partition coefficient (Wildman–Crippen LogP) is 3.54. The third-order valence-electron chi connectivity index (χ3n) is 5.79. The van der Waals surface area contributed by atoms with E-state index in [-0.39, 0.29) is 5.92 Å². The van der Waals surface area contributed by atoms with E-state index in [9.17, 15) is 4.79 Å². The highest BCUT2D eigenvalue weighted by atomic mass is 16.1.